The Morgan fingerprint density at radius 1 is 1.07 bits per heavy atom. The zero-order chi connectivity index (χ0) is 10.9. The van der Waals surface area contributed by atoms with Gasteiger partial charge in [0.25, 0.3) is 0 Å². The topological polar surface area (TPSA) is 44.5 Å². The first-order valence-corrected chi connectivity index (χ1v) is 5.30. The molecule has 0 spiro atoms. The molecule has 15 heavy (non-hydrogen) atoms. The third-order valence-electron chi connectivity index (χ3n) is 2.17. The van der Waals surface area contributed by atoms with Crippen molar-refractivity contribution in [2.45, 2.75) is 20.1 Å². The van der Waals surface area contributed by atoms with Crippen molar-refractivity contribution in [3.8, 4) is 0 Å². The highest BCUT2D eigenvalue weighted by atomic mass is 16.5. The molecule has 1 rings (SSSR count). The fourth-order valence-corrected chi connectivity index (χ4v) is 1.34. The number of hydrogen-bond donors (Lipinski definition) is 1. The zero-order valence-electron chi connectivity index (χ0n) is 9.24. The molecule has 3 heteroatoms. The molecule has 0 atom stereocenters. The maximum atomic E-state index is 5.62. The minimum Gasteiger partial charge on any atom is -0.379 e. The second kappa shape index (κ2) is 7.40. The summed E-state index contributed by atoms with van der Waals surface area (Å²) < 4.78 is 10.7. The maximum Gasteiger partial charge on any atom is 0.0721 e. The van der Waals surface area contributed by atoms with Gasteiger partial charge in [-0.25, -0.2) is 0 Å². The van der Waals surface area contributed by atoms with Crippen molar-refractivity contribution in [2.75, 3.05) is 19.8 Å². The van der Waals surface area contributed by atoms with Gasteiger partial charge in [0.15, 0.2) is 0 Å². The van der Waals surface area contributed by atoms with Crippen LogP contribution in [0.3, 0.4) is 0 Å². The summed E-state index contributed by atoms with van der Waals surface area (Å²) in [7, 11) is 0. The first-order valence-electron chi connectivity index (χ1n) is 5.30. The Morgan fingerprint density at radius 3 is 2.40 bits per heavy atom. The van der Waals surface area contributed by atoms with Gasteiger partial charge >= 0.3 is 0 Å². The minimum absolute atomic E-state index is 0.561. The van der Waals surface area contributed by atoms with Crippen LogP contribution >= 0.6 is 0 Å². The highest BCUT2D eigenvalue weighted by Crippen LogP contribution is 2.08. The predicted octanol–water partition coefficient (Wildman–Crippen LogP) is 1.70. The van der Waals surface area contributed by atoms with E-state index in [9.17, 15) is 0 Å². The molecule has 0 aliphatic rings. The highest BCUT2D eigenvalue weighted by Gasteiger charge is 1.99. The molecule has 0 aliphatic carbocycles. The monoisotopic (exact) mass is 209 g/mol. The average molecular weight is 209 g/mol. The second-order valence-electron chi connectivity index (χ2n) is 3.22. The fourth-order valence-electron chi connectivity index (χ4n) is 1.34. The summed E-state index contributed by atoms with van der Waals surface area (Å²) in [6, 6.07) is 8.07. The lowest BCUT2D eigenvalue weighted by molar-refractivity contribution is 0.0450. The van der Waals surface area contributed by atoms with Crippen LogP contribution in [0.4, 0.5) is 0 Å². The Labute approximate surface area is 91.2 Å². The quantitative estimate of drug-likeness (QED) is 0.695. The second-order valence-corrected chi connectivity index (χ2v) is 3.22. The van der Waals surface area contributed by atoms with Crippen LogP contribution in [0, 0.1) is 0 Å². The van der Waals surface area contributed by atoms with E-state index >= 15 is 0 Å². The third kappa shape index (κ3) is 4.42. The molecule has 2 N–H and O–H groups in total. The molecular weight excluding hydrogens is 190 g/mol. The molecular formula is C12H19NO2. The summed E-state index contributed by atoms with van der Waals surface area (Å²) >= 11 is 0. The summed E-state index contributed by atoms with van der Waals surface area (Å²) in [5, 5.41) is 0. The van der Waals surface area contributed by atoms with Gasteiger partial charge in [0.05, 0.1) is 19.8 Å². The highest BCUT2D eigenvalue weighted by molar-refractivity contribution is 5.26. The van der Waals surface area contributed by atoms with Crippen LogP contribution in [0.2, 0.25) is 0 Å². The van der Waals surface area contributed by atoms with Gasteiger partial charge < -0.3 is 15.2 Å². The largest absolute Gasteiger partial charge is 0.379 e. The van der Waals surface area contributed by atoms with Crippen molar-refractivity contribution in [3.05, 3.63) is 35.4 Å². The van der Waals surface area contributed by atoms with E-state index < -0.39 is 0 Å². The predicted molar refractivity (Wildman–Crippen MR) is 60.5 cm³/mol. The summed E-state index contributed by atoms with van der Waals surface area (Å²) in [4.78, 5) is 0. The molecule has 0 saturated carbocycles. The lowest BCUT2D eigenvalue weighted by Crippen LogP contribution is -2.06. The van der Waals surface area contributed by atoms with Gasteiger partial charge in [-0.1, -0.05) is 24.3 Å². The molecule has 0 aliphatic heterocycles. The molecule has 3 nitrogen and oxygen atoms in total. The number of rotatable bonds is 7. The third-order valence-corrected chi connectivity index (χ3v) is 2.17. The molecule has 0 amide bonds. The van der Waals surface area contributed by atoms with Gasteiger partial charge in [-0.05, 0) is 18.1 Å². The van der Waals surface area contributed by atoms with Crippen molar-refractivity contribution in [1.29, 1.82) is 0 Å². The van der Waals surface area contributed by atoms with E-state index in [1.54, 1.807) is 0 Å². The number of ether oxygens (including phenoxy) is 2. The number of benzene rings is 1. The standard InChI is InChI=1S/C12H19NO2/c1-2-14-7-8-15-10-12-6-4-3-5-11(12)9-13/h3-6H,2,7-10,13H2,1H3. The van der Waals surface area contributed by atoms with Gasteiger partial charge in [-0.3, -0.25) is 0 Å². The van der Waals surface area contributed by atoms with E-state index in [2.05, 4.69) is 0 Å². The van der Waals surface area contributed by atoms with Crippen LogP contribution in [0.1, 0.15) is 18.1 Å². The van der Waals surface area contributed by atoms with Crippen LogP contribution < -0.4 is 5.73 Å². The smallest absolute Gasteiger partial charge is 0.0721 e. The normalized spacial score (nSPS) is 10.5. The molecule has 1 aromatic carbocycles. The Balaban J connectivity index is 2.30. The zero-order valence-corrected chi connectivity index (χ0v) is 9.24. The van der Waals surface area contributed by atoms with Crippen molar-refractivity contribution >= 4 is 0 Å². The molecule has 0 radical (unpaired) electrons. The summed E-state index contributed by atoms with van der Waals surface area (Å²) in [5.41, 5.74) is 7.93. The summed E-state index contributed by atoms with van der Waals surface area (Å²) in [5.74, 6) is 0. The first kappa shape index (κ1) is 12.2. The van der Waals surface area contributed by atoms with Crippen molar-refractivity contribution in [3.63, 3.8) is 0 Å². The minimum atomic E-state index is 0.561. The van der Waals surface area contributed by atoms with Crippen molar-refractivity contribution in [2.24, 2.45) is 5.73 Å². The van der Waals surface area contributed by atoms with E-state index in [0.29, 0.717) is 26.4 Å². The maximum absolute atomic E-state index is 5.62. The van der Waals surface area contributed by atoms with Crippen LogP contribution in [0.25, 0.3) is 0 Å². The Hall–Kier alpha value is -0.900. The Bertz CT molecular complexity index is 276. The lowest BCUT2D eigenvalue weighted by Gasteiger charge is -2.08. The fraction of sp³-hybridized carbons (Fsp3) is 0.500. The van der Waals surface area contributed by atoms with Gasteiger partial charge in [0, 0.05) is 13.2 Å². The van der Waals surface area contributed by atoms with E-state index in [0.717, 1.165) is 17.7 Å². The summed E-state index contributed by atoms with van der Waals surface area (Å²) in [6.45, 7) is 5.17. The molecule has 0 saturated heterocycles. The van der Waals surface area contributed by atoms with Crippen molar-refractivity contribution in [1.82, 2.24) is 0 Å². The first-order chi connectivity index (χ1) is 7.38. The SMILES string of the molecule is CCOCCOCc1ccccc1CN. The average Bonchev–Trinajstić information content (AvgIpc) is 2.29. The molecule has 0 fully saturated rings. The molecule has 0 bridgehead atoms. The van der Waals surface area contributed by atoms with Gasteiger partial charge in [-0.15, -0.1) is 0 Å². The Morgan fingerprint density at radius 2 is 1.73 bits per heavy atom. The van der Waals surface area contributed by atoms with E-state index in [1.165, 1.54) is 0 Å². The molecule has 84 valence electrons. The number of nitrogens with two attached hydrogens (primary N) is 1. The van der Waals surface area contributed by atoms with E-state index in [4.69, 9.17) is 15.2 Å². The molecule has 0 aromatic heterocycles. The molecule has 0 unspecified atom stereocenters. The van der Waals surface area contributed by atoms with Gasteiger partial charge in [-0.2, -0.15) is 0 Å². The van der Waals surface area contributed by atoms with E-state index in [1.807, 2.05) is 31.2 Å². The summed E-state index contributed by atoms with van der Waals surface area (Å²) in [6.07, 6.45) is 0. The van der Waals surface area contributed by atoms with Crippen LogP contribution in [0.5, 0.6) is 0 Å². The van der Waals surface area contributed by atoms with Crippen LogP contribution in [-0.4, -0.2) is 19.8 Å². The van der Waals surface area contributed by atoms with Gasteiger partial charge in [0.1, 0.15) is 0 Å². The lowest BCUT2D eigenvalue weighted by atomic mass is 10.1. The molecule has 1 aromatic rings. The number of hydrogen-bond acceptors (Lipinski definition) is 3. The molecule has 0 heterocycles. The van der Waals surface area contributed by atoms with Crippen molar-refractivity contribution < 1.29 is 9.47 Å². The van der Waals surface area contributed by atoms with Gasteiger partial charge in [0.2, 0.25) is 0 Å². The Kier molecular flexibility index (Phi) is 6.00. The van der Waals surface area contributed by atoms with Crippen LogP contribution in [0.15, 0.2) is 24.3 Å². The van der Waals surface area contributed by atoms with Crippen LogP contribution in [-0.2, 0) is 22.6 Å². The van der Waals surface area contributed by atoms with E-state index in [-0.39, 0.29) is 0 Å².